The second-order valence-electron chi connectivity index (χ2n) is 3.84. The van der Waals surface area contributed by atoms with E-state index in [-0.39, 0.29) is 6.29 Å². The maximum Gasteiger partial charge on any atom is 0.232 e. The van der Waals surface area contributed by atoms with Gasteiger partial charge in [0.1, 0.15) is 6.61 Å². The van der Waals surface area contributed by atoms with E-state index in [9.17, 15) is 0 Å². The van der Waals surface area contributed by atoms with Gasteiger partial charge in [-0.25, -0.2) is 0 Å². The number of hydrogen-bond donors (Lipinski definition) is 0. The van der Waals surface area contributed by atoms with Crippen LogP contribution >= 0.6 is 0 Å². The average Bonchev–Trinajstić information content (AvgIpc) is 2.72. The van der Waals surface area contributed by atoms with Crippen LogP contribution in [-0.2, 0) is 16.5 Å². The number of hydrogen-bond acceptors (Lipinski definition) is 4. The van der Waals surface area contributed by atoms with Gasteiger partial charge in [0.15, 0.2) is 6.29 Å². The number of aromatic nitrogens is 2. The van der Waals surface area contributed by atoms with Gasteiger partial charge >= 0.3 is 0 Å². The Hall–Kier alpha value is -1.07. The molecule has 1 aliphatic rings. The molecule has 1 fully saturated rings. The molecular formula is C11H18N2O3. The second-order valence-corrected chi connectivity index (χ2v) is 3.84. The molecule has 1 unspecified atom stereocenters. The summed E-state index contributed by atoms with van der Waals surface area (Å²) in [6.07, 6.45) is 5.13. The Labute approximate surface area is 95.3 Å². The highest BCUT2D eigenvalue weighted by atomic mass is 16.7. The van der Waals surface area contributed by atoms with E-state index in [1.807, 2.05) is 19.3 Å². The first-order chi connectivity index (χ1) is 7.84. The lowest BCUT2D eigenvalue weighted by Crippen LogP contribution is -2.24. The lowest BCUT2D eigenvalue weighted by Gasteiger charge is -2.22. The van der Waals surface area contributed by atoms with Crippen molar-refractivity contribution in [1.82, 2.24) is 9.78 Å². The smallest absolute Gasteiger partial charge is 0.232 e. The minimum absolute atomic E-state index is 0.0407. The molecule has 0 saturated carbocycles. The van der Waals surface area contributed by atoms with Crippen LogP contribution in [0.25, 0.3) is 0 Å². The molecule has 0 amide bonds. The molecule has 0 aliphatic carbocycles. The fourth-order valence-corrected chi connectivity index (χ4v) is 1.64. The molecule has 0 radical (unpaired) electrons. The summed E-state index contributed by atoms with van der Waals surface area (Å²) in [5, 5.41) is 4.10. The van der Waals surface area contributed by atoms with E-state index < -0.39 is 0 Å². The predicted molar refractivity (Wildman–Crippen MR) is 58.2 cm³/mol. The van der Waals surface area contributed by atoms with Gasteiger partial charge < -0.3 is 14.2 Å². The molecule has 1 aliphatic heterocycles. The lowest BCUT2D eigenvalue weighted by atomic mass is 10.2. The van der Waals surface area contributed by atoms with Gasteiger partial charge in [-0.1, -0.05) is 0 Å². The summed E-state index contributed by atoms with van der Waals surface area (Å²) in [7, 11) is 1.86. The van der Waals surface area contributed by atoms with Crippen LogP contribution in [0.4, 0.5) is 0 Å². The van der Waals surface area contributed by atoms with Gasteiger partial charge in [0.2, 0.25) is 5.88 Å². The van der Waals surface area contributed by atoms with Gasteiger partial charge in [0.25, 0.3) is 0 Å². The van der Waals surface area contributed by atoms with Crippen LogP contribution in [0.3, 0.4) is 0 Å². The van der Waals surface area contributed by atoms with Crippen molar-refractivity contribution in [3.63, 3.8) is 0 Å². The molecule has 0 aromatic carbocycles. The Morgan fingerprint density at radius 1 is 1.50 bits per heavy atom. The third-order valence-corrected chi connectivity index (χ3v) is 2.46. The van der Waals surface area contributed by atoms with E-state index in [1.165, 1.54) is 6.42 Å². The highest BCUT2D eigenvalue weighted by molar-refractivity contribution is 5.04. The quantitative estimate of drug-likeness (QED) is 0.711. The Morgan fingerprint density at radius 2 is 2.44 bits per heavy atom. The minimum Gasteiger partial charge on any atom is -0.474 e. The van der Waals surface area contributed by atoms with Crippen LogP contribution < -0.4 is 4.74 Å². The first-order valence-corrected chi connectivity index (χ1v) is 5.70. The first-order valence-electron chi connectivity index (χ1n) is 5.70. The molecule has 1 aromatic heterocycles. The van der Waals surface area contributed by atoms with Gasteiger partial charge in [-0.3, -0.25) is 4.68 Å². The van der Waals surface area contributed by atoms with Gasteiger partial charge in [-0.05, 0) is 19.3 Å². The molecule has 0 bridgehead atoms. The molecular weight excluding hydrogens is 208 g/mol. The molecule has 90 valence electrons. The summed E-state index contributed by atoms with van der Waals surface area (Å²) in [6.45, 7) is 1.86. The summed E-state index contributed by atoms with van der Waals surface area (Å²) in [5.41, 5.74) is 0. The van der Waals surface area contributed by atoms with E-state index >= 15 is 0 Å². The Morgan fingerprint density at radius 3 is 3.12 bits per heavy atom. The van der Waals surface area contributed by atoms with Crippen molar-refractivity contribution in [2.24, 2.45) is 7.05 Å². The van der Waals surface area contributed by atoms with E-state index in [0.29, 0.717) is 19.1 Å². The zero-order valence-electron chi connectivity index (χ0n) is 9.59. The molecule has 1 saturated heterocycles. The zero-order valence-corrected chi connectivity index (χ0v) is 9.59. The standard InChI is InChI=1S/C11H18N2O3/c1-13-6-5-10(12-13)14-8-9-16-11-4-2-3-7-15-11/h5-6,11H,2-4,7-9H2,1H3. The molecule has 16 heavy (non-hydrogen) atoms. The van der Waals surface area contributed by atoms with Crippen LogP contribution in [0.1, 0.15) is 19.3 Å². The Bertz CT molecular complexity index is 308. The maximum atomic E-state index is 5.53. The van der Waals surface area contributed by atoms with Gasteiger partial charge in [-0.15, -0.1) is 5.10 Å². The molecule has 2 heterocycles. The van der Waals surface area contributed by atoms with Crippen molar-refractivity contribution in [3.05, 3.63) is 12.3 Å². The topological polar surface area (TPSA) is 45.5 Å². The fourth-order valence-electron chi connectivity index (χ4n) is 1.64. The monoisotopic (exact) mass is 226 g/mol. The normalized spacial score (nSPS) is 20.9. The molecule has 5 heteroatoms. The summed E-state index contributed by atoms with van der Waals surface area (Å²) >= 11 is 0. The highest BCUT2D eigenvalue weighted by Gasteiger charge is 2.13. The molecule has 1 aromatic rings. The molecule has 5 nitrogen and oxygen atoms in total. The molecule has 2 rings (SSSR count). The maximum absolute atomic E-state index is 5.53. The molecule has 0 spiro atoms. The Kier molecular flexibility index (Phi) is 4.18. The van der Waals surface area contributed by atoms with Gasteiger partial charge in [0.05, 0.1) is 6.61 Å². The Balaban J connectivity index is 1.57. The largest absolute Gasteiger partial charge is 0.474 e. The van der Waals surface area contributed by atoms with Crippen molar-refractivity contribution in [1.29, 1.82) is 0 Å². The van der Waals surface area contributed by atoms with Crippen molar-refractivity contribution < 1.29 is 14.2 Å². The van der Waals surface area contributed by atoms with Crippen LogP contribution in [0.15, 0.2) is 12.3 Å². The second kappa shape index (κ2) is 5.86. The van der Waals surface area contributed by atoms with Crippen LogP contribution in [0.5, 0.6) is 5.88 Å². The number of ether oxygens (including phenoxy) is 3. The summed E-state index contributed by atoms with van der Waals surface area (Å²) in [6, 6.07) is 1.83. The molecule has 1 atom stereocenters. The first kappa shape index (κ1) is 11.4. The minimum atomic E-state index is -0.0407. The van der Waals surface area contributed by atoms with Gasteiger partial charge in [-0.2, -0.15) is 0 Å². The van der Waals surface area contributed by atoms with E-state index in [0.717, 1.165) is 19.4 Å². The average molecular weight is 226 g/mol. The zero-order chi connectivity index (χ0) is 11.2. The fraction of sp³-hybridized carbons (Fsp3) is 0.727. The van der Waals surface area contributed by atoms with Crippen LogP contribution in [-0.4, -0.2) is 35.9 Å². The lowest BCUT2D eigenvalue weighted by molar-refractivity contribution is -0.165. The van der Waals surface area contributed by atoms with Crippen molar-refractivity contribution in [3.8, 4) is 5.88 Å². The van der Waals surface area contributed by atoms with E-state index in [2.05, 4.69) is 5.10 Å². The SMILES string of the molecule is Cn1ccc(OCCOC2CCCCO2)n1. The van der Waals surface area contributed by atoms with E-state index in [1.54, 1.807) is 4.68 Å². The third-order valence-electron chi connectivity index (χ3n) is 2.46. The highest BCUT2D eigenvalue weighted by Crippen LogP contribution is 2.13. The number of nitrogens with zero attached hydrogens (tertiary/aromatic N) is 2. The van der Waals surface area contributed by atoms with E-state index in [4.69, 9.17) is 14.2 Å². The third kappa shape index (κ3) is 3.50. The van der Waals surface area contributed by atoms with Crippen molar-refractivity contribution >= 4 is 0 Å². The van der Waals surface area contributed by atoms with Crippen molar-refractivity contribution in [2.45, 2.75) is 25.6 Å². The van der Waals surface area contributed by atoms with Gasteiger partial charge in [0, 0.05) is 25.9 Å². The van der Waals surface area contributed by atoms with Crippen LogP contribution in [0.2, 0.25) is 0 Å². The van der Waals surface area contributed by atoms with Crippen LogP contribution in [0, 0.1) is 0 Å². The predicted octanol–water partition coefficient (Wildman–Crippen LogP) is 1.34. The summed E-state index contributed by atoms with van der Waals surface area (Å²) in [4.78, 5) is 0. The number of rotatable bonds is 5. The molecule has 0 N–H and O–H groups in total. The number of aryl methyl sites for hydroxylation is 1. The summed E-state index contributed by atoms with van der Waals surface area (Å²) in [5.74, 6) is 0.635. The van der Waals surface area contributed by atoms with Crippen molar-refractivity contribution in [2.75, 3.05) is 19.8 Å². The summed E-state index contributed by atoms with van der Waals surface area (Å²) < 4.78 is 18.1.